The first-order valence-corrected chi connectivity index (χ1v) is 47.3. The largest absolute Gasteiger partial charge is 0.477 e. The van der Waals surface area contributed by atoms with Gasteiger partial charge in [-0.2, -0.15) is 0 Å². The predicted octanol–water partition coefficient (Wildman–Crippen LogP) is -1.04. The lowest BCUT2D eigenvalue weighted by molar-refractivity contribution is -0.407. The Morgan fingerprint density at radius 2 is 0.760 bits per heavy atom. The van der Waals surface area contributed by atoms with E-state index in [0.29, 0.717) is 12.8 Å². The summed E-state index contributed by atoms with van der Waals surface area (Å²) in [6, 6.07) is -3.32. The number of allylic oxidation sites excluding steroid dienone is 1. The molecule has 0 bridgehead atoms. The Morgan fingerprint density at radius 3 is 1.17 bits per heavy atom. The molecule has 34 atom stereocenters. The molecule has 0 aromatic heterocycles. The number of aliphatic hydroxyl groups is 21. The summed E-state index contributed by atoms with van der Waals surface area (Å²) in [7, 11) is 0. The van der Waals surface area contributed by atoms with Crippen molar-refractivity contribution in [1.82, 2.24) is 10.6 Å². The Hall–Kier alpha value is -3.70. The van der Waals surface area contributed by atoms with Crippen molar-refractivity contribution in [2.24, 2.45) is 0 Å². The topological polar surface area (TPSA) is 668 Å². The summed E-state index contributed by atoms with van der Waals surface area (Å²) in [4.78, 5) is 54.1. The van der Waals surface area contributed by atoms with Gasteiger partial charge >= 0.3 is 11.9 Å². The summed E-state index contributed by atoms with van der Waals surface area (Å²) in [5, 5.41) is 261. The molecule has 6 saturated heterocycles. The molecule has 0 aromatic rings. The van der Waals surface area contributed by atoms with Crippen molar-refractivity contribution in [2.75, 3.05) is 46.2 Å². The van der Waals surface area contributed by atoms with Crippen molar-refractivity contribution in [3.63, 3.8) is 0 Å². The fourth-order valence-electron chi connectivity index (χ4n) is 17.5. The van der Waals surface area contributed by atoms with E-state index in [1.165, 1.54) is 154 Å². The molecule has 41 heteroatoms. The highest BCUT2D eigenvalue weighted by atomic mass is 16.8. The van der Waals surface area contributed by atoms with Crippen molar-refractivity contribution in [3.05, 3.63) is 12.2 Å². The van der Waals surface area contributed by atoms with Gasteiger partial charge in [0.1, 0.15) is 146 Å². The molecule has 0 radical (unpaired) electrons. The van der Waals surface area contributed by atoms with Crippen molar-refractivity contribution >= 4 is 23.8 Å². The zero-order chi connectivity index (χ0) is 94.9. The van der Waals surface area contributed by atoms with Crippen LogP contribution in [0.5, 0.6) is 0 Å². The van der Waals surface area contributed by atoms with E-state index in [0.717, 1.165) is 71.1 Å². The molecule has 6 heterocycles. The van der Waals surface area contributed by atoms with Crippen LogP contribution >= 0.6 is 0 Å². The van der Waals surface area contributed by atoms with Crippen LogP contribution < -0.4 is 10.6 Å². The number of unbranched alkanes of at least 4 members (excludes halogenated alkanes) is 33. The van der Waals surface area contributed by atoms with Crippen LogP contribution in [-0.4, -0.2) is 395 Å². The van der Waals surface area contributed by atoms with Crippen molar-refractivity contribution in [3.8, 4) is 0 Å². The minimum Gasteiger partial charge on any atom is -0.477 e. The molecule has 41 nitrogen and oxygen atoms in total. The molecular weight excluding hydrogens is 1710 g/mol. The lowest BCUT2D eigenvalue weighted by atomic mass is 9.90. The molecule has 6 aliphatic heterocycles. The Kier molecular flexibility index (Phi) is 53.1. The van der Waals surface area contributed by atoms with E-state index in [2.05, 4.69) is 24.5 Å². The number of carboxylic acids is 2. The lowest BCUT2D eigenvalue weighted by Gasteiger charge is -2.52. The smallest absolute Gasteiger partial charge is 0.364 e. The highest BCUT2D eigenvalue weighted by Crippen LogP contribution is 2.43. The second-order valence-corrected chi connectivity index (χ2v) is 35.6. The van der Waals surface area contributed by atoms with Crippen LogP contribution in [0.2, 0.25) is 0 Å². The highest BCUT2D eigenvalue weighted by molar-refractivity contribution is 5.77. The fraction of sp³-hybridized carbons (Fsp3) is 0.932. The SMILES string of the molecule is CCCCCCCCCCCCC/C=C/[C@@H](O)[C@H](CO[C@@H]1OC(CO)[C@@H](O[C@@H]2OC(CO)[C@H](O[C@@H]3OC(CO)[C@H](O)[C@H](O[C@@H]4OC(CO)[C@H](O)[C@H](O[C@]5(C(=O)O)CC(O)[C@@H](O)C([C@H](O)[C@H](O)CO)O5)C4O)C3NC(C)=O)[C@H](O[C@]3(C(=O)O)CC(O)[C@@H](O)C([C@H](O)[C@H](O)CO)O3)C2O)[C@H](O)C1O)NC(=O)CCCCCCCCCCCCCCCCCCCCCCCCC. The van der Waals surface area contributed by atoms with Crippen LogP contribution in [0.25, 0.3) is 0 Å². The highest BCUT2D eigenvalue weighted by Gasteiger charge is 2.64. The van der Waals surface area contributed by atoms with E-state index in [-0.39, 0.29) is 6.42 Å². The first-order chi connectivity index (χ1) is 61.8. The minimum absolute atomic E-state index is 0.102. The van der Waals surface area contributed by atoms with Gasteiger partial charge in [0.05, 0.1) is 70.6 Å². The van der Waals surface area contributed by atoms with Gasteiger partial charge in [-0.05, 0) is 19.3 Å². The number of aliphatic carboxylic acids is 2. The van der Waals surface area contributed by atoms with Gasteiger partial charge in [0.25, 0.3) is 11.6 Å². The Bertz CT molecular complexity index is 3090. The minimum atomic E-state index is -3.49. The van der Waals surface area contributed by atoms with Gasteiger partial charge < -0.3 is 185 Å². The Morgan fingerprint density at radius 1 is 0.403 bits per heavy atom. The standard InChI is InChI=1S/C88H158N2O39/c1-4-6-8-10-12-14-16-18-19-20-21-22-23-24-25-26-27-29-31-33-35-37-39-41-62(103)90-52(53(98)40-38-36-34-32-30-28-17-15-13-11-9-7-5-2)50-118-82-71(111)70(110)74(60(48-95)121-82)123-84-73(113)80(129-88(86(116)117)43-55(100)65(105)78(127-88)67(107)57(102)45-92)75(61(49-96)122-84)124-81-63(89-51(3)97)76(68(108)58(46-93)119-81)125-83-72(112)79(69(109)59(47-94)120-83)128-87(85(114)115)42-54(99)64(104)77(126-87)66(106)56(101)44-91/h38,40,52-61,63-84,91-96,98-102,104-113H,4-37,39,41-50H2,1-3H3,(H,89,97)(H,90,103)(H,114,115)(H,116,117)/b40-38+/t52-,53+,54?,55?,56+,57+,58?,59?,60?,61?,63?,64+,65+,66+,67+,68-,69-,70+,71?,72?,73?,74+,75-,76+,77?,78?,79-,80+,81-,82+,83-,84-,87-,88-/m0/s1. The number of hydrogen-bond acceptors (Lipinski definition) is 37. The van der Waals surface area contributed by atoms with E-state index in [9.17, 15) is 137 Å². The van der Waals surface area contributed by atoms with Crippen LogP contribution in [0.3, 0.4) is 0 Å². The van der Waals surface area contributed by atoms with Gasteiger partial charge in [0.2, 0.25) is 11.8 Å². The maximum atomic E-state index is 13.8. The average molecular weight is 1870 g/mol. The summed E-state index contributed by atoms with van der Waals surface area (Å²) in [6.07, 6.45) is -25.7. The summed E-state index contributed by atoms with van der Waals surface area (Å²) >= 11 is 0. The van der Waals surface area contributed by atoms with E-state index < -0.39 is 290 Å². The molecule has 25 N–H and O–H groups in total. The van der Waals surface area contributed by atoms with Crippen molar-refractivity contribution < 1.29 is 193 Å². The monoisotopic (exact) mass is 1870 g/mol. The Labute approximate surface area is 755 Å². The van der Waals surface area contributed by atoms with Crippen LogP contribution in [0, 0.1) is 0 Å². The summed E-state index contributed by atoms with van der Waals surface area (Å²) in [5.74, 6) is -12.7. The normalized spacial score (nSPS) is 34.9. The first-order valence-electron chi connectivity index (χ1n) is 47.3. The molecule has 6 fully saturated rings. The number of aliphatic hydroxyl groups excluding tert-OH is 21. The van der Waals surface area contributed by atoms with Crippen molar-refractivity contribution in [1.29, 1.82) is 0 Å². The zero-order valence-corrected chi connectivity index (χ0v) is 75.3. The van der Waals surface area contributed by atoms with E-state index >= 15 is 0 Å². The predicted molar refractivity (Wildman–Crippen MR) is 454 cm³/mol. The molecule has 12 unspecified atom stereocenters. The number of amides is 2. The van der Waals surface area contributed by atoms with Gasteiger partial charge in [0.15, 0.2) is 25.2 Å². The first kappa shape index (κ1) is 114. The van der Waals surface area contributed by atoms with Gasteiger partial charge in [-0.25, -0.2) is 9.59 Å². The third-order valence-corrected chi connectivity index (χ3v) is 25.3. The molecular formula is C88H158N2O39. The van der Waals surface area contributed by atoms with E-state index in [1.54, 1.807) is 6.08 Å². The molecule has 0 aliphatic carbocycles. The van der Waals surface area contributed by atoms with Crippen LogP contribution in [0.15, 0.2) is 12.2 Å². The number of hydrogen-bond donors (Lipinski definition) is 25. The van der Waals surface area contributed by atoms with Gasteiger partial charge in [-0.3, -0.25) is 9.59 Å². The zero-order valence-electron chi connectivity index (χ0n) is 75.3. The van der Waals surface area contributed by atoms with E-state index in [4.69, 9.17) is 56.8 Å². The fourth-order valence-corrected chi connectivity index (χ4v) is 17.5. The van der Waals surface area contributed by atoms with E-state index in [1.807, 2.05) is 0 Å². The molecule has 2 amide bonds. The molecule has 0 aromatic carbocycles. The maximum absolute atomic E-state index is 13.8. The molecule has 6 aliphatic rings. The summed E-state index contributed by atoms with van der Waals surface area (Å²) < 4.78 is 71.5. The number of carbonyl (C=O) groups is 4. The molecule has 6 rings (SSSR count). The van der Waals surface area contributed by atoms with Crippen LogP contribution in [0.4, 0.5) is 0 Å². The average Bonchev–Trinajstić information content (AvgIpc) is 0.749. The molecule has 0 saturated carbocycles. The lowest BCUT2D eigenvalue weighted by Crippen LogP contribution is -2.72. The maximum Gasteiger partial charge on any atom is 0.364 e. The second kappa shape index (κ2) is 60.1. The van der Waals surface area contributed by atoms with Crippen LogP contribution in [-0.2, 0) is 76.0 Å². The Balaban J connectivity index is 1.20. The summed E-state index contributed by atoms with van der Waals surface area (Å²) in [6.45, 7) is -2.63. The number of nitrogens with one attached hydrogen (secondary N) is 2. The van der Waals surface area contributed by atoms with Gasteiger partial charge in [0, 0.05) is 26.2 Å². The van der Waals surface area contributed by atoms with Gasteiger partial charge in [-0.15, -0.1) is 0 Å². The number of carbonyl (C=O) groups excluding carboxylic acids is 2. The van der Waals surface area contributed by atoms with Crippen molar-refractivity contribution in [2.45, 2.75) is 472 Å². The molecule has 129 heavy (non-hydrogen) atoms. The number of ether oxygens (including phenoxy) is 12. The molecule has 0 spiro atoms. The number of rotatable bonds is 65. The molecule has 754 valence electrons. The number of carboxylic acid groups (broad SMARTS) is 2. The van der Waals surface area contributed by atoms with Crippen LogP contribution in [0.1, 0.15) is 265 Å². The quantitative estimate of drug-likeness (QED) is 0.0256. The summed E-state index contributed by atoms with van der Waals surface area (Å²) in [5.41, 5.74) is 0. The third kappa shape index (κ3) is 34.8. The van der Waals surface area contributed by atoms with Gasteiger partial charge in [-0.1, -0.05) is 231 Å². The third-order valence-electron chi connectivity index (χ3n) is 25.3. The second-order valence-electron chi connectivity index (χ2n) is 35.6.